The summed E-state index contributed by atoms with van der Waals surface area (Å²) in [6.07, 6.45) is 0.444. The first-order valence-corrected chi connectivity index (χ1v) is 4.28. The molecular formula is C4H8F3NO4S. The molecule has 0 spiro atoms. The van der Waals surface area contributed by atoms with E-state index in [2.05, 4.69) is 5.73 Å². The van der Waals surface area contributed by atoms with Crippen molar-refractivity contribution in [2.45, 2.75) is 18.9 Å². The van der Waals surface area contributed by atoms with Gasteiger partial charge < -0.3 is 5.73 Å². The lowest BCUT2D eigenvalue weighted by Gasteiger charge is -1.97. The van der Waals surface area contributed by atoms with Gasteiger partial charge in [0.1, 0.15) is 0 Å². The van der Waals surface area contributed by atoms with Crippen LogP contribution in [0.4, 0.5) is 13.2 Å². The molecule has 0 radical (unpaired) electrons. The number of nitrogens with two attached hydrogens (primary N) is 1. The lowest BCUT2D eigenvalue weighted by molar-refractivity contribution is -0.117. The molecule has 0 fully saturated rings. The summed E-state index contributed by atoms with van der Waals surface area (Å²) < 4.78 is 57.5. The Bertz CT molecular complexity index is 257. The van der Waals surface area contributed by atoms with E-state index >= 15 is 0 Å². The second-order valence-corrected chi connectivity index (χ2v) is 3.15. The van der Waals surface area contributed by atoms with Crippen molar-refractivity contribution in [3.8, 4) is 0 Å². The fourth-order valence-corrected chi connectivity index (χ4v) is 0. The van der Waals surface area contributed by atoms with Gasteiger partial charge in [0.15, 0.2) is 0 Å². The van der Waals surface area contributed by atoms with Crippen LogP contribution in [-0.4, -0.2) is 24.4 Å². The second kappa shape index (κ2) is 5.02. The van der Waals surface area contributed by atoms with Crippen molar-refractivity contribution in [1.82, 2.24) is 0 Å². The molecule has 5 nitrogen and oxygen atoms in total. The minimum absolute atomic E-state index is 0.245. The van der Waals surface area contributed by atoms with Crippen LogP contribution in [-0.2, 0) is 14.9 Å². The van der Waals surface area contributed by atoms with Gasteiger partial charge in [-0.1, -0.05) is 6.92 Å². The maximum absolute atomic E-state index is 10.7. The molecule has 0 unspecified atom stereocenters. The van der Waals surface area contributed by atoms with Gasteiger partial charge in [-0.3, -0.25) is 9.35 Å². The summed E-state index contributed by atoms with van der Waals surface area (Å²) >= 11 is 0. The maximum atomic E-state index is 10.7. The van der Waals surface area contributed by atoms with Gasteiger partial charge in [-0.05, 0) is 0 Å². The van der Waals surface area contributed by atoms with Crippen molar-refractivity contribution < 1.29 is 30.9 Å². The summed E-state index contributed by atoms with van der Waals surface area (Å²) in [6, 6.07) is 0. The van der Waals surface area contributed by atoms with Crippen LogP contribution in [0.2, 0.25) is 0 Å². The molecule has 0 saturated carbocycles. The van der Waals surface area contributed by atoms with Gasteiger partial charge in [-0.2, -0.15) is 21.6 Å². The van der Waals surface area contributed by atoms with Crippen LogP contribution in [0.15, 0.2) is 0 Å². The van der Waals surface area contributed by atoms with Gasteiger partial charge >= 0.3 is 15.6 Å². The molecule has 0 rings (SSSR count). The van der Waals surface area contributed by atoms with Crippen LogP contribution >= 0.6 is 0 Å². The van der Waals surface area contributed by atoms with E-state index in [-0.39, 0.29) is 5.91 Å². The minimum atomic E-state index is -5.84. The standard InChI is InChI=1S/C3H7NO.CHF3O3S/c1-2-3(4)5;2-1(3,4)8(5,6)7/h2H2,1H3,(H2,4,5);(H,5,6,7). The molecule has 9 heteroatoms. The molecule has 0 aliphatic carbocycles. The van der Waals surface area contributed by atoms with E-state index in [9.17, 15) is 18.0 Å². The Morgan fingerprint density at radius 1 is 1.46 bits per heavy atom. The van der Waals surface area contributed by atoms with E-state index in [0.29, 0.717) is 6.42 Å². The van der Waals surface area contributed by atoms with E-state index in [1.807, 2.05) is 0 Å². The van der Waals surface area contributed by atoms with Crippen LogP contribution in [0, 0.1) is 0 Å². The molecule has 80 valence electrons. The SMILES string of the molecule is CCC(N)=O.O=S(=O)(O)C(F)(F)F. The predicted molar refractivity (Wildman–Crippen MR) is 37.1 cm³/mol. The smallest absolute Gasteiger partial charge is 0.370 e. The second-order valence-electron chi connectivity index (χ2n) is 1.74. The number of amides is 1. The summed E-state index contributed by atoms with van der Waals surface area (Å²) in [4.78, 5) is 9.59. The normalized spacial score (nSPS) is 11.5. The average Bonchev–Trinajstić information content (AvgIpc) is 1.84. The number of alkyl halides is 3. The number of carbonyl (C=O) groups is 1. The van der Waals surface area contributed by atoms with Crippen LogP contribution in [0.5, 0.6) is 0 Å². The zero-order valence-corrected chi connectivity index (χ0v) is 7.32. The quantitative estimate of drug-likeness (QED) is 0.492. The molecule has 0 aromatic heterocycles. The molecule has 3 N–H and O–H groups in total. The molecular weight excluding hydrogens is 215 g/mol. The third-order valence-electron chi connectivity index (χ3n) is 0.641. The largest absolute Gasteiger partial charge is 0.522 e. The van der Waals surface area contributed by atoms with Gasteiger partial charge in [0, 0.05) is 6.42 Å². The Balaban J connectivity index is 0. The van der Waals surface area contributed by atoms with Crippen molar-refractivity contribution in [3.63, 3.8) is 0 Å². The lowest BCUT2D eigenvalue weighted by Crippen LogP contribution is -2.21. The van der Waals surface area contributed by atoms with E-state index in [1.165, 1.54) is 0 Å². The fourth-order valence-electron chi connectivity index (χ4n) is 0. The first kappa shape index (κ1) is 14.7. The topological polar surface area (TPSA) is 97.5 Å². The lowest BCUT2D eigenvalue weighted by atomic mass is 10.5. The Morgan fingerprint density at radius 2 is 1.62 bits per heavy atom. The average molecular weight is 223 g/mol. The molecule has 13 heavy (non-hydrogen) atoms. The monoisotopic (exact) mass is 223 g/mol. The maximum Gasteiger partial charge on any atom is 0.522 e. The Hall–Kier alpha value is -0.830. The summed E-state index contributed by atoms with van der Waals surface area (Å²) in [5, 5.41) is 0. The predicted octanol–water partition coefficient (Wildman–Crippen LogP) is 0.276. The van der Waals surface area contributed by atoms with Crippen molar-refractivity contribution in [3.05, 3.63) is 0 Å². The molecule has 0 saturated heterocycles. The molecule has 0 aliphatic rings. The first-order valence-electron chi connectivity index (χ1n) is 2.84. The number of primary amides is 1. The number of rotatable bonds is 1. The van der Waals surface area contributed by atoms with E-state index in [1.54, 1.807) is 6.92 Å². The third kappa shape index (κ3) is 9.08. The molecule has 0 atom stereocenters. The molecule has 0 aliphatic heterocycles. The van der Waals surface area contributed by atoms with E-state index in [4.69, 9.17) is 13.0 Å². The van der Waals surface area contributed by atoms with Crippen molar-refractivity contribution in [2.75, 3.05) is 0 Å². The number of halogens is 3. The van der Waals surface area contributed by atoms with Gasteiger partial charge in [0.25, 0.3) is 0 Å². The van der Waals surface area contributed by atoms with Crippen LogP contribution in [0.3, 0.4) is 0 Å². The van der Waals surface area contributed by atoms with Crippen molar-refractivity contribution in [1.29, 1.82) is 0 Å². The molecule has 0 bridgehead atoms. The Morgan fingerprint density at radius 3 is 1.62 bits per heavy atom. The highest BCUT2D eigenvalue weighted by atomic mass is 32.2. The molecule has 0 aromatic rings. The highest BCUT2D eigenvalue weighted by molar-refractivity contribution is 7.86. The van der Waals surface area contributed by atoms with Crippen LogP contribution in [0.1, 0.15) is 13.3 Å². The zero-order chi connectivity index (χ0) is 11.3. The van der Waals surface area contributed by atoms with Crippen molar-refractivity contribution in [2.24, 2.45) is 5.73 Å². The van der Waals surface area contributed by atoms with Gasteiger partial charge in [0.2, 0.25) is 5.91 Å². The Kier molecular flexibility index (Phi) is 5.67. The van der Waals surface area contributed by atoms with Crippen LogP contribution in [0.25, 0.3) is 0 Å². The summed E-state index contributed by atoms with van der Waals surface area (Å²) in [5.74, 6) is -0.245. The fraction of sp³-hybridized carbons (Fsp3) is 0.750. The highest BCUT2D eigenvalue weighted by Gasteiger charge is 2.44. The van der Waals surface area contributed by atoms with Gasteiger partial charge in [0.05, 0.1) is 0 Å². The minimum Gasteiger partial charge on any atom is -0.370 e. The first-order chi connectivity index (χ1) is 5.52. The van der Waals surface area contributed by atoms with Crippen molar-refractivity contribution >= 4 is 16.0 Å². The molecule has 1 amide bonds. The molecule has 0 heterocycles. The number of hydrogen-bond acceptors (Lipinski definition) is 3. The number of hydrogen-bond donors (Lipinski definition) is 2. The Labute approximate surface area is 72.5 Å². The molecule has 0 aromatic carbocycles. The van der Waals surface area contributed by atoms with E-state index < -0.39 is 15.6 Å². The van der Waals surface area contributed by atoms with Crippen LogP contribution < -0.4 is 5.73 Å². The highest BCUT2D eigenvalue weighted by Crippen LogP contribution is 2.20. The number of carbonyl (C=O) groups excluding carboxylic acids is 1. The van der Waals surface area contributed by atoms with E-state index in [0.717, 1.165) is 0 Å². The third-order valence-corrected chi connectivity index (χ3v) is 1.23. The summed E-state index contributed by atoms with van der Waals surface area (Å²) in [6.45, 7) is 1.72. The van der Waals surface area contributed by atoms with Gasteiger partial charge in [-0.15, -0.1) is 0 Å². The summed E-state index contributed by atoms with van der Waals surface area (Å²) in [5.41, 5.74) is -0.882. The van der Waals surface area contributed by atoms with Gasteiger partial charge in [-0.25, -0.2) is 0 Å². The zero-order valence-electron chi connectivity index (χ0n) is 6.50. The summed E-state index contributed by atoms with van der Waals surface area (Å²) in [7, 11) is -5.84.